The highest BCUT2D eigenvalue weighted by Crippen LogP contribution is 2.23. The van der Waals surface area contributed by atoms with Crippen LogP contribution in [0.15, 0.2) is 68.5 Å². The molecule has 0 atom stereocenters. The number of benzene rings is 2. The van der Waals surface area contributed by atoms with Crippen molar-refractivity contribution >= 4 is 35.7 Å². The number of rotatable bonds is 5. The molecule has 0 saturated heterocycles. The molecule has 0 N–H and O–H groups in total. The first-order valence-corrected chi connectivity index (χ1v) is 7.11. The molecule has 0 radical (unpaired) electrons. The van der Waals surface area contributed by atoms with Gasteiger partial charge in [0, 0.05) is 0 Å². The van der Waals surface area contributed by atoms with Gasteiger partial charge in [-0.05, 0) is 30.2 Å². The molecule has 2 aromatic carbocycles. The lowest BCUT2D eigenvalue weighted by Gasteiger charge is -2.01. The number of hydrogen-bond donors (Lipinski definition) is 0. The zero-order valence-electron chi connectivity index (χ0n) is 13.6. The van der Waals surface area contributed by atoms with E-state index >= 15 is 0 Å². The molecular formula is C18H12N4O4. The lowest BCUT2D eigenvalue weighted by molar-refractivity contribution is 0.551. The van der Waals surface area contributed by atoms with Crippen LogP contribution in [0.2, 0.25) is 0 Å². The lowest BCUT2D eigenvalue weighted by atomic mass is 10.2. The molecule has 0 fully saturated rings. The predicted octanol–water partition coefficient (Wildman–Crippen LogP) is 3.29. The van der Waals surface area contributed by atoms with E-state index in [0.29, 0.717) is 16.9 Å². The maximum absolute atomic E-state index is 10.00. The van der Waals surface area contributed by atoms with Crippen LogP contribution in [0.5, 0.6) is 0 Å². The molecule has 0 aliphatic carbocycles. The topological polar surface area (TPSA) is 118 Å². The fraction of sp³-hybridized carbons (Fsp3) is 0.111. The van der Waals surface area contributed by atoms with Gasteiger partial charge in [0.05, 0.1) is 11.4 Å². The van der Waals surface area contributed by atoms with Crippen molar-refractivity contribution in [3.63, 3.8) is 0 Å². The van der Waals surface area contributed by atoms with Crippen LogP contribution in [0.3, 0.4) is 0 Å². The fourth-order valence-electron chi connectivity index (χ4n) is 1.79. The molecule has 8 heteroatoms. The number of nitrogens with zero attached hydrogens (tertiary/aromatic N) is 4. The van der Waals surface area contributed by atoms with Gasteiger partial charge in [0.2, 0.25) is 24.3 Å². The maximum Gasteiger partial charge on any atom is 0.240 e. The molecule has 2 aromatic rings. The summed E-state index contributed by atoms with van der Waals surface area (Å²) in [5.74, 6) is 0. The van der Waals surface area contributed by atoms with Crippen molar-refractivity contribution in [1.82, 2.24) is 0 Å². The second-order valence-electron chi connectivity index (χ2n) is 4.60. The summed E-state index contributed by atoms with van der Waals surface area (Å²) in [6, 6.07) is 13.7. The monoisotopic (exact) mass is 348 g/mol. The molecule has 0 amide bonds. The van der Waals surface area contributed by atoms with E-state index < -0.39 is 6.17 Å². The van der Waals surface area contributed by atoms with Crippen LogP contribution < -0.4 is 0 Å². The average molecular weight is 348 g/mol. The Morgan fingerprint density at radius 1 is 0.769 bits per heavy atom. The SMILES string of the molecule is Cc1ccc(N=C=O)cc1N=C=O.O=C=NC(N=C=O)c1ccccc1. The van der Waals surface area contributed by atoms with Gasteiger partial charge >= 0.3 is 0 Å². The maximum atomic E-state index is 10.00. The number of aliphatic imine (C=N–C) groups is 4. The first-order valence-electron chi connectivity index (χ1n) is 7.11. The zero-order chi connectivity index (χ0) is 19.2. The van der Waals surface area contributed by atoms with E-state index in [0.717, 1.165) is 5.56 Å². The first kappa shape index (κ1) is 20.0. The second kappa shape index (κ2) is 11.5. The van der Waals surface area contributed by atoms with Gasteiger partial charge in [0.15, 0.2) is 6.17 Å². The summed E-state index contributed by atoms with van der Waals surface area (Å²) in [6.07, 6.45) is 4.73. The lowest BCUT2D eigenvalue weighted by Crippen LogP contribution is -1.89. The Morgan fingerprint density at radius 2 is 1.38 bits per heavy atom. The summed E-state index contributed by atoms with van der Waals surface area (Å²) in [6.45, 7) is 1.80. The first-order chi connectivity index (χ1) is 12.7. The molecule has 26 heavy (non-hydrogen) atoms. The summed E-state index contributed by atoms with van der Waals surface area (Å²) < 4.78 is 0. The smallest absolute Gasteiger partial charge is 0.211 e. The molecule has 128 valence electrons. The van der Waals surface area contributed by atoms with Crippen LogP contribution >= 0.6 is 0 Å². The summed E-state index contributed by atoms with van der Waals surface area (Å²) in [4.78, 5) is 53.4. The summed E-state index contributed by atoms with van der Waals surface area (Å²) in [7, 11) is 0. The number of isocyanates is 4. The molecule has 2 rings (SSSR count). The Morgan fingerprint density at radius 3 is 1.92 bits per heavy atom. The number of hydrogen-bond acceptors (Lipinski definition) is 8. The quantitative estimate of drug-likeness (QED) is 0.608. The van der Waals surface area contributed by atoms with Crippen LogP contribution in [0.4, 0.5) is 11.4 Å². The van der Waals surface area contributed by atoms with Crippen LogP contribution in [0.1, 0.15) is 17.3 Å². The largest absolute Gasteiger partial charge is 0.240 e. The highest BCUT2D eigenvalue weighted by molar-refractivity contribution is 5.61. The molecule has 0 unspecified atom stereocenters. The minimum absolute atomic E-state index is 0.426. The van der Waals surface area contributed by atoms with E-state index in [2.05, 4.69) is 20.0 Å². The summed E-state index contributed by atoms with van der Waals surface area (Å²) in [5, 5.41) is 0. The standard InChI is InChI=1S/2C9H6N2O2/c1-7-2-3-8(10-5-12)4-9(7)11-6-13;12-6-10-9(11-7-13)8-4-2-1-3-5-8/h2-4H,1H3;1-5,9H. The van der Waals surface area contributed by atoms with Crippen molar-refractivity contribution in [2.45, 2.75) is 13.1 Å². The fourth-order valence-corrected chi connectivity index (χ4v) is 1.79. The van der Waals surface area contributed by atoms with Gasteiger partial charge in [-0.25, -0.2) is 19.2 Å². The molecule has 0 bridgehead atoms. The van der Waals surface area contributed by atoms with Crippen molar-refractivity contribution in [1.29, 1.82) is 0 Å². The third-order valence-corrected chi connectivity index (χ3v) is 2.98. The van der Waals surface area contributed by atoms with Crippen LogP contribution in [-0.2, 0) is 19.2 Å². The number of carbonyl (C=O) groups excluding carboxylic acids is 4. The van der Waals surface area contributed by atoms with Crippen LogP contribution in [0, 0.1) is 6.92 Å². The van der Waals surface area contributed by atoms with E-state index in [1.807, 2.05) is 6.07 Å². The normalized spacial score (nSPS) is 9.58. The molecule has 0 aliphatic rings. The van der Waals surface area contributed by atoms with E-state index in [-0.39, 0.29) is 0 Å². The third kappa shape index (κ3) is 6.60. The Bertz CT molecular complexity index is 915. The predicted molar refractivity (Wildman–Crippen MR) is 92.2 cm³/mol. The van der Waals surface area contributed by atoms with Crippen LogP contribution in [0.25, 0.3) is 0 Å². The molecule has 0 aromatic heterocycles. The molecule has 0 aliphatic heterocycles. The van der Waals surface area contributed by atoms with Crippen molar-refractivity contribution in [3.05, 3.63) is 59.7 Å². The van der Waals surface area contributed by atoms with E-state index in [4.69, 9.17) is 0 Å². The van der Waals surface area contributed by atoms with Gasteiger partial charge < -0.3 is 0 Å². The van der Waals surface area contributed by atoms with Crippen molar-refractivity contribution in [2.24, 2.45) is 20.0 Å². The van der Waals surface area contributed by atoms with Gasteiger partial charge in [-0.15, -0.1) is 0 Å². The van der Waals surface area contributed by atoms with Crippen molar-refractivity contribution in [3.8, 4) is 0 Å². The molecule has 8 nitrogen and oxygen atoms in total. The van der Waals surface area contributed by atoms with Gasteiger partial charge in [-0.2, -0.15) is 20.0 Å². The van der Waals surface area contributed by atoms with Crippen molar-refractivity contribution in [2.75, 3.05) is 0 Å². The Labute approximate surface area is 148 Å². The summed E-state index contributed by atoms with van der Waals surface area (Å²) >= 11 is 0. The van der Waals surface area contributed by atoms with Gasteiger partial charge in [0.25, 0.3) is 0 Å². The highest BCUT2D eigenvalue weighted by Gasteiger charge is 2.05. The average Bonchev–Trinajstić information content (AvgIpc) is 2.66. The van der Waals surface area contributed by atoms with Gasteiger partial charge in [-0.3, -0.25) is 0 Å². The van der Waals surface area contributed by atoms with Gasteiger partial charge in [0.1, 0.15) is 0 Å². The minimum Gasteiger partial charge on any atom is -0.211 e. The Hall–Kier alpha value is -4.04. The number of aryl methyl sites for hydroxylation is 1. The van der Waals surface area contributed by atoms with Gasteiger partial charge in [-0.1, -0.05) is 36.4 Å². The highest BCUT2D eigenvalue weighted by atomic mass is 16.1. The summed E-state index contributed by atoms with van der Waals surface area (Å²) in [5.41, 5.74) is 2.38. The third-order valence-electron chi connectivity index (χ3n) is 2.98. The van der Waals surface area contributed by atoms with E-state index in [1.165, 1.54) is 30.4 Å². The van der Waals surface area contributed by atoms with E-state index in [1.54, 1.807) is 43.3 Å². The Kier molecular flexibility index (Phi) is 8.84. The molecule has 0 saturated carbocycles. The Balaban J connectivity index is 0.000000260. The van der Waals surface area contributed by atoms with Crippen molar-refractivity contribution < 1.29 is 19.2 Å². The van der Waals surface area contributed by atoms with Crippen LogP contribution in [-0.4, -0.2) is 24.3 Å². The zero-order valence-corrected chi connectivity index (χ0v) is 13.6. The molecule has 0 heterocycles. The minimum atomic E-state index is -0.809. The molecule has 0 spiro atoms. The second-order valence-corrected chi connectivity index (χ2v) is 4.60. The molecular weight excluding hydrogens is 336 g/mol. The van der Waals surface area contributed by atoms with E-state index in [9.17, 15) is 19.2 Å².